The topological polar surface area (TPSA) is 67.4 Å². The first-order chi connectivity index (χ1) is 15.1. The number of aromatic nitrogens is 2. The summed E-state index contributed by atoms with van der Waals surface area (Å²) in [7, 11) is 1.66. The first kappa shape index (κ1) is 21.4. The fourth-order valence-corrected chi connectivity index (χ4v) is 4.02. The van der Waals surface area contributed by atoms with Crippen molar-refractivity contribution >= 4 is 17.5 Å². The number of aromatic amines is 1. The molecule has 1 aliphatic heterocycles. The van der Waals surface area contributed by atoms with Gasteiger partial charge in [-0.05, 0) is 42.3 Å². The number of carbonyl (C=O) groups is 1. The Bertz CT molecular complexity index is 1020. The molecule has 0 radical (unpaired) electrons. The molecule has 1 aromatic heterocycles. The third-order valence-corrected chi connectivity index (χ3v) is 5.83. The number of para-hydroxylation sites is 1. The first-order valence-corrected chi connectivity index (χ1v) is 10.8. The van der Waals surface area contributed by atoms with Crippen LogP contribution in [0.1, 0.15) is 39.6 Å². The van der Waals surface area contributed by atoms with E-state index < -0.39 is 0 Å². The molecule has 31 heavy (non-hydrogen) atoms. The number of nitrogens with one attached hydrogen (secondary N) is 1. The number of nitrogens with zero attached hydrogens (tertiary/aromatic N) is 2. The lowest BCUT2D eigenvalue weighted by molar-refractivity contribution is 0.0790. The van der Waals surface area contributed by atoms with Gasteiger partial charge in [-0.25, -0.2) is 0 Å². The molecule has 1 fully saturated rings. The lowest BCUT2D eigenvalue weighted by Gasteiger charge is -2.16. The van der Waals surface area contributed by atoms with Crippen LogP contribution < -0.4 is 4.74 Å². The molecule has 6 nitrogen and oxygen atoms in total. The number of methoxy groups -OCH3 is 1. The van der Waals surface area contributed by atoms with E-state index in [4.69, 9.17) is 21.1 Å². The van der Waals surface area contributed by atoms with Gasteiger partial charge in [0, 0.05) is 43.8 Å². The molecule has 0 saturated carbocycles. The van der Waals surface area contributed by atoms with E-state index in [0.29, 0.717) is 42.5 Å². The Balaban J connectivity index is 1.29. The molecule has 162 valence electrons. The first-order valence-electron chi connectivity index (χ1n) is 10.4. The zero-order valence-corrected chi connectivity index (χ0v) is 18.3. The van der Waals surface area contributed by atoms with Gasteiger partial charge in [-0.3, -0.25) is 9.89 Å². The summed E-state index contributed by atoms with van der Waals surface area (Å²) in [6.45, 7) is 2.48. The Labute approximate surface area is 187 Å². The van der Waals surface area contributed by atoms with Crippen molar-refractivity contribution in [1.82, 2.24) is 15.1 Å². The highest BCUT2D eigenvalue weighted by atomic mass is 35.5. The van der Waals surface area contributed by atoms with Gasteiger partial charge in [-0.1, -0.05) is 35.9 Å². The minimum atomic E-state index is 0.0652. The van der Waals surface area contributed by atoms with Crippen LogP contribution in [0.4, 0.5) is 0 Å². The molecule has 1 N–H and O–H groups in total. The summed E-state index contributed by atoms with van der Waals surface area (Å²) in [5, 5.41) is 8.19. The van der Waals surface area contributed by atoms with E-state index in [-0.39, 0.29) is 11.8 Å². The van der Waals surface area contributed by atoms with Crippen molar-refractivity contribution in [2.24, 2.45) is 0 Å². The molecule has 2 heterocycles. The summed E-state index contributed by atoms with van der Waals surface area (Å²) in [6, 6.07) is 17.1. The van der Waals surface area contributed by atoms with Crippen LogP contribution in [-0.2, 0) is 17.8 Å². The van der Waals surface area contributed by atoms with E-state index in [1.54, 1.807) is 7.11 Å². The van der Waals surface area contributed by atoms with E-state index in [9.17, 15) is 4.79 Å². The summed E-state index contributed by atoms with van der Waals surface area (Å²) >= 11 is 6.12. The van der Waals surface area contributed by atoms with Gasteiger partial charge in [0.05, 0.1) is 23.9 Å². The molecule has 1 amide bonds. The summed E-state index contributed by atoms with van der Waals surface area (Å²) < 4.78 is 10.9. The van der Waals surface area contributed by atoms with E-state index in [2.05, 4.69) is 16.3 Å². The molecule has 7 heteroatoms. The van der Waals surface area contributed by atoms with Crippen molar-refractivity contribution in [2.75, 3.05) is 26.8 Å². The third kappa shape index (κ3) is 5.27. The van der Waals surface area contributed by atoms with Gasteiger partial charge in [0.25, 0.3) is 5.91 Å². The number of hydrogen-bond acceptors (Lipinski definition) is 4. The second kappa shape index (κ2) is 9.98. The minimum absolute atomic E-state index is 0.0652. The number of hydrogen-bond donors (Lipinski definition) is 1. The van der Waals surface area contributed by atoms with Gasteiger partial charge >= 0.3 is 0 Å². The highest BCUT2D eigenvalue weighted by Gasteiger charge is 2.29. The fraction of sp³-hybridized carbons (Fsp3) is 0.333. The molecular weight excluding hydrogens is 414 g/mol. The Hall–Kier alpha value is -2.83. The molecule has 3 aromatic rings. The number of amides is 1. The number of H-pyrrole nitrogens is 1. The maximum absolute atomic E-state index is 12.8. The predicted molar refractivity (Wildman–Crippen MR) is 120 cm³/mol. The molecule has 0 bridgehead atoms. The summed E-state index contributed by atoms with van der Waals surface area (Å²) in [4.78, 5) is 14.7. The molecule has 4 rings (SSSR count). The van der Waals surface area contributed by atoms with Crippen molar-refractivity contribution in [3.8, 4) is 5.75 Å². The SMILES string of the molecule is COCc1ccc(C(=O)N2CC[C@@H](c3cc(CCOc4ccccc4Cl)[nH]n3)C2)cc1. The smallest absolute Gasteiger partial charge is 0.253 e. The highest BCUT2D eigenvalue weighted by molar-refractivity contribution is 6.32. The van der Waals surface area contributed by atoms with E-state index in [1.165, 1.54) is 0 Å². The van der Waals surface area contributed by atoms with Crippen molar-refractivity contribution in [2.45, 2.75) is 25.4 Å². The van der Waals surface area contributed by atoms with Crippen LogP contribution in [0.3, 0.4) is 0 Å². The normalized spacial score (nSPS) is 15.9. The van der Waals surface area contributed by atoms with Crippen LogP contribution in [-0.4, -0.2) is 47.8 Å². The fourth-order valence-electron chi connectivity index (χ4n) is 3.83. The highest BCUT2D eigenvalue weighted by Crippen LogP contribution is 2.28. The summed E-state index contributed by atoms with van der Waals surface area (Å²) in [5.74, 6) is 0.991. The van der Waals surface area contributed by atoms with Crippen molar-refractivity contribution in [3.63, 3.8) is 0 Å². The lowest BCUT2D eigenvalue weighted by Crippen LogP contribution is -2.28. The second-order valence-electron chi connectivity index (χ2n) is 7.71. The zero-order chi connectivity index (χ0) is 21.6. The number of ether oxygens (including phenoxy) is 2. The predicted octanol–water partition coefficient (Wildman–Crippen LogP) is 4.46. The van der Waals surface area contributed by atoms with Gasteiger partial charge in [0.15, 0.2) is 0 Å². The Morgan fingerprint density at radius 2 is 2.03 bits per heavy atom. The number of likely N-dealkylation sites (tertiary alicyclic amines) is 1. The Morgan fingerprint density at radius 1 is 1.23 bits per heavy atom. The van der Waals surface area contributed by atoms with Crippen LogP contribution in [0.2, 0.25) is 5.02 Å². The van der Waals surface area contributed by atoms with Crippen molar-refractivity contribution in [1.29, 1.82) is 0 Å². The number of carbonyl (C=O) groups excluding carboxylic acids is 1. The Kier molecular flexibility index (Phi) is 6.89. The van der Waals surface area contributed by atoms with Crippen molar-refractivity contribution in [3.05, 3.63) is 82.1 Å². The van der Waals surface area contributed by atoms with E-state index >= 15 is 0 Å². The van der Waals surface area contributed by atoms with Crippen LogP contribution >= 0.6 is 11.6 Å². The summed E-state index contributed by atoms with van der Waals surface area (Å²) in [5.41, 5.74) is 3.78. The Morgan fingerprint density at radius 3 is 2.81 bits per heavy atom. The van der Waals surface area contributed by atoms with Gasteiger partial charge in [-0.2, -0.15) is 5.10 Å². The van der Waals surface area contributed by atoms with E-state index in [1.807, 2.05) is 53.4 Å². The molecule has 0 unspecified atom stereocenters. The van der Waals surface area contributed by atoms with Gasteiger partial charge in [-0.15, -0.1) is 0 Å². The minimum Gasteiger partial charge on any atom is -0.492 e. The molecule has 0 aliphatic carbocycles. The number of rotatable bonds is 8. The van der Waals surface area contributed by atoms with Gasteiger partial charge in [0.2, 0.25) is 0 Å². The number of benzene rings is 2. The summed E-state index contributed by atoms with van der Waals surface area (Å²) in [6.07, 6.45) is 1.62. The van der Waals surface area contributed by atoms with Gasteiger partial charge < -0.3 is 14.4 Å². The van der Waals surface area contributed by atoms with Crippen LogP contribution in [0.5, 0.6) is 5.75 Å². The average molecular weight is 440 g/mol. The lowest BCUT2D eigenvalue weighted by atomic mass is 10.0. The standard InChI is InChI=1S/C24H26ClN3O3/c1-30-16-17-6-8-18(9-7-17)24(29)28-12-10-19(15-28)22-14-20(26-27-22)11-13-31-23-5-3-2-4-21(23)25/h2-9,14,19H,10-13,15-16H2,1H3,(H,26,27)/t19-/m1/s1. The molecular formula is C24H26ClN3O3. The molecule has 1 aliphatic rings. The van der Waals surface area contributed by atoms with Crippen LogP contribution in [0.25, 0.3) is 0 Å². The molecule has 1 saturated heterocycles. The van der Waals surface area contributed by atoms with Gasteiger partial charge in [0.1, 0.15) is 5.75 Å². The second-order valence-corrected chi connectivity index (χ2v) is 8.12. The maximum Gasteiger partial charge on any atom is 0.253 e. The molecule has 1 atom stereocenters. The molecule has 2 aromatic carbocycles. The quantitative estimate of drug-likeness (QED) is 0.562. The van der Waals surface area contributed by atoms with Crippen LogP contribution in [0, 0.1) is 0 Å². The average Bonchev–Trinajstić information content (AvgIpc) is 3.45. The van der Waals surface area contributed by atoms with E-state index in [0.717, 1.165) is 29.9 Å². The van der Waals surface area contributed by atoms with Crippen LogP contribution in [0.15, 0.2) is 54.6 Å². The third-order valence-electron chi connectivity index (χ3n) is 5.52. The monoisotopic (exact) mass is 439 g/mol. The number of halogens is 1. The van der Waals surface area contributed by atoms with Crippen molar-refractivity contribution < 1.29 is 14.3 Å². The maximum atomic E-state index is 12.8. The zero-order valence-electron chi connectivity index (χ0n) is 17.5. The molecule has 0 spiro atoms. The largest absolute Gasteiger partial charge is 0.492 e.